The van der Waals surface area contributed by atoms with Gasteiger partial charge in [-0.15, -0.1) is 0 Å². The molecule has 2 aromatic carbocycles. The van der Waals surface area contributed by atoms with Gasteiger partial charge in [0.15, 0.2) is 0 Å². The van der Waals surface area contributed by atoms with Gasteiger partial charge in [0.2, 0.25) is 0 Å². The van der Waals surface area contributed by atoms with Crippen LogP contribution in [0.2, 0.25) is 5.02 Å². The molecule has 0 amide bonds. The molecule has 2 aromatic rings. The average molecular weight is 475 g/mol. The summed E-state index contributed by atoms with van der Waals surface area (Å²) >= 11 is 6.46. The topological polar surface area (TPSA) is 88.1 Å². The fraction of sp³-hybridized carbons (Fsp3) is 0.400. The van der Waals surface area contributed by atoms with Crippen molar-refractivity contribution in [3.63, 3.8) is 0 Å². The highest BCUT2D eigenvalue weighted by atomic mass is 35.5. The van der Waals surface area contributed by atoms with Gasteiger partial charge in [0.25, 0.3) is 0 Å². The summed E-state index contributed by atoms with van der Waals surface area (Å²) in [5.74, 6) is -0.638. The number of carbonyl (C=O) groups is 3. The summed E-state index contributed by atoms with van der Waals surface area (Å²) in [6, 6.07) is 12.9. The molecule has 2 unspecified atom stereocenters. The maximum atomic E-state index is 11.5. The normalized spacial score (nSPS) is 20.1. The smallest absolute Gasteiger partial charge is 0.308 e. The minimum absolute atomic E-state index is 0.0960. The molecule has 1 heterocycles. The minimum atomic E-state index is -0.390. The molecule has 1 saturated heterocycles. The van der Waals surface area contributed by atoms with E-state index in [9.17, 15) is 14.4 Å². The van der Waals surface area contributed by atoms with Gasteiger partial charge in [0.1, 0.15) is 18.5 Å². The van der Waals surface area contributed by atoms with E-state index in [1.807, 2.05) is 30.3 Å². The molecule has 1 aliphatic rings. The fourth-order valence-corrected chi connectivity index (χ4v) is 4.01. The van der Waals surface area contributed by atoms with Crippen LogP contribution in [-0.2, 0) is 35.0 Å². The van der Waals surface area contributed by atoms with Gasteiger partial charge in [-0.1, -0.05) is 35.9 Å². The summed E-state index contributed by atoms with van der Waals surface area (Å²) in [7, 11) is 0. The molecule has 3 rings (SSSR count). The maximum Gasteiger partial charge on any atom is 0.308 e. The molecule has 0 aromatic heterocycles. The van der Waals surface area contributed by atoms with Crippen LogP contribution >= 0.6 is 11.6 Å². The molecule has 3 atom stereocenters. The molecule has 0 radical (unpaired) electrons. The van der Waals surface area contributed by atoms with E-state index in [1.54, 1.807) is 12.1 Å². The number of esters is 3. The number of carbonyl (C=O) groups excluding carboxylic acids is 3. The third kappa shape index (κ3) is 7.58. The Balaban J connectivity index is 1.77. The molecular weight excluding hydrogens is 448 g/mol. The van der Waals surface area contributed by atoms with Crippen LogP contribution in [0.5, 0.6) is 5.75 Å². The second kappa shape index (κ2) is 11.3. The van der Waals surface area contributed by atoms with Gasteiger partial charge < -0.3 is 18.9 Å². The Kier molecular flexibility index (Phi) is 8.47. The maximum absolute atomic E-state index is 11.5. The number of rotatable bonds is 7. The highest BCUT2D eigenvalue weighted by molar-refractivity contribution is 6.31. The average Bonchev–Trinajstić information content (AvgIpc) is 2.74. The van der Waals surface area contributed by atoms with Gasteiger partial charge in [-0.3, -0.25) is 14.4 Å². The zero-order valence-electron chi connectivity index (χ0n) is 18.8. The Morgan fingerprint density at radius 2 is 1.70 bits per heavy atom. The number of hydrogen-bond donors (Lipinski definition) is 0. The molecule has 0 aliphatic carbocycles. The van der Waals surface area contributed by atoms with Crippen molar-refractivity contribution in [2.45, 2.75) is 58.3 Å². The van der Waals surface area contributed by atoms with Crippen molar-refractivity contribution < 1.29 is 33.3 Å². The van der Waals surface area contributed by atoms with E-state index in [-0.39, 0.29) is 36.9 Å². The third-order valence-electron chi connectivity index (χ3n) is 5.19. The molecule has 0 saturated carbocycles. The van der Waals surface area contributed by atoms with Crippen molar-refractivity contribution in [3.05, 3.63) is 64.2 Å². The lowest BCUT2D eigenvalue weighted by Crippen LogP contribution is -2.36. The highest BCUT2D eigenvalue weighted by Gasteiger charge is 2.33. The van der Waals surface area contributed by atoms with Crippen LogP contribution < -0.4 is 4.74 Å². The first kappa shape index (κ1) is 24.7. The molecule has 8 heteroatoms. The minimum Gasteiger partial charge on any atom is -0.463 e. The van der Waals surface area contributed by atoms with Gasteiger partial charge in [0.05, 0.1) is 12.2 Å². The van der Waals surface area contributed by atoms with Crippen LogP contribution in [0.3, 0.4) is 0 Å². The Labute approximate surface area is 197 Å². The summed E-state index contributed by atoms with van der Waals surface area (Å²) in [5.41, 5.74) is 2.81. The molecule has 33 heavy (non-hydrogen) atoms. The van der Waals surface area contributed by atoms with Crippen molar-refractivity contribution in [1.29, 1.82) is 0 Å². The Bertz CT molecular complexity index is 1000. The summed E-state index contributed by atoms with van der Waals surface area (Å²) in [4.78, 5) is 33.8. The Hall–Kier alpha value is -2.90. The number of halogens is 1. The van der Waals surface area contributed by atoms with Crippen molar-refractivity contribution >= 4 is 29.5 Å². The predicted molar refractivity (Wildman–Crippen MR) is 121 cm³/mol. The summed E-state index contributed by atoms with van der Waals surface area (Å²) in [5, 5.41) is 0.617. The van der Waals surface area contributed by atoms with E-state index in [4.69, 9.17) is 30.5 Å². The lowest BCUT2D eigenvalue weighted by molar-refractivity contribution is -0.169. The highest BCUT2D eigenvalue weighted by Crippen LogP contribution is 2.35. The molecule has 176 valence electrons. The van der Waals surface area contributed by atoms with E-state index < -0.39 is 5.97 Å². The van der Waals surface area contributed by atoms with E-state index >= 15 is 0 Å². The summed E-state index contributed by atoms with van der Waals surface area (Å²) in [6.07, 6.45) is 0.460. The van der Waals surface area contributed by atoms with Crippen LogP contribution in [0.25, 0.3) is 0 Å². The standard InChI is InChI=1S/C25H27ClO7/c1-15(27)30-14-23-12-22(32-17(3)29)13-25(33-23)19-6-9-24(26)20(11-19)10-18-4-7-21(8-5-18)31-16(2)28/h4-9,11,22-23,25H,10,12-14H2,1-3H3/t22?,23?,25-/m1/s1. The molecule has 0 bridgehead atoms. The zero-order chi connectivity index (χ0) is 24.0. The Morgan fingerprint density at radius 1 is 0.970 bits per heavy atom. The predicted octanol–water partition coefficient (Wildman–Crippen LogP) is 4.57. The largest absolute Gasteiger partial charge is 0.463 e. The van der Waals surface area contributed by atoms with E-state index in [0.29, 0.717) is 30.0 Å². The van der Waals surface area contributed by atoms with Gasteiger partial charge in [-0.2, -0.15) is 0 Å². The summed E-state index contributed by atoms with van der Waals surface area (Å²) < 4.78 is 21.8. The van der Waals surface area contributed by atoms with Crippen molar-refractivity contribution in [2.75, 3.05) is 6.61 Å². The number of benzene rings is 2. The SMILES string of the molecule is CC(=O)OCC1CC(OC(C)=O)C[C@H](c2ccc(Cl)c(Cc3ccc(OC(C)=O)cc3)c2)O1. The molecule has 7 nitrogen and oxygen atoms in total. The molecule has 1 fully saturated rings. The lowest BCUT2D eigenvalue weighted by atomic mass is 9.94. The van der Waals surface area contributed by atoms with Crippen molar-refractivity contribution in [2.24, 2.45) is 0 Å². The first-order chi connectivity index (χ1) is 15.7. The first-order valence-electron chi connectivity index (χ1n) is 10.7. The van der Waals surface area contributed by atoms with E-state index in [2.05, 4.69) is 0 Å². The molecule has 0 N–H and O–H groups in total. The fourth-order valence-electron chi connectivity index (χ4n) is 3.83. The number of hydrogen-bond acceptors (Lipinski definition) is 7. The zero-order valence-corrected chi connectivity index (χ0v) is 19.6. The quantitative estimate of drug-likeness (QED) is 0.429. The van der Waals surface area contributed by atoms with Crippen LogP contribution in [-0.4, -0.2) is 36.7 Å². The first-order valence-corrected chi connectivity index (χ1v) is 11.1. The monoisotopic (exact) mass is 474 g/mol. The van der Waals surface area contributed by atoms with Gasteiger partial charge in [-0.05, 0) is 41.3 Å². The van der Waals surface area contributed by atoms with Crippen LogP contribution in [0.15, 0.2) is 42.5 Å². The van der Waals surface area contributed by atoms with Gasteiger partial charge in [0, 0.05) is 38.6 Å². The molecular formula is C25H27ClO7. The second-order valence-electron chi connectivity index (χ2n) is 8.02. The van der Waals surface area contributed by atoms with Gasteiger partial charge in [-0.25, -0.2) is 0 Å². The van der Waals surface area contributed by atoms with Crippen LogP contribution in [0.1, 0.15) is 56.4 Å². The summed E-state index contributed by atoms with van der Waals surface area (Å²) in [6.45, 7) is 4.17. The third-order valence-corrected chi connectivity index (χ3v) is 5.55. The van der Waals surface area contributed by atoms with Crippen LogP contribution in [0.4, 0.5) is 0 Å². The van der Waals surface area contributed by atoms with Crippen molar-refractivity contribution in [3.8, 4) is 5.75 Å². The lowest BCUT2D eigenvalue weighted by Gasteiger charge is -2.35. The number of ether oxygens (including phenoxy) is 4. The van der Waals surface area contributed by atoms with E-state index in [0.717, 1.165) is 16.7 Å². The van der Waals surface area contributed by atoms with Crippen LogP contribution in [0, 0.1) is 0 Å². The molecule has 0 spiro atoms. The van der Waals surface area contributed by atoms with E-state index in [1.165, 1.54) is 20.8 Å². The molecule has 1 aliphatic heterocycles. The second-order valence-corrected chi connectivity index (χ2v) is 8.42. The van der Waals surface area contributed by atoms with Gasteiger partial charge >= 0.3 is 17.9 Å². The Morgan fingerprint density at radius 3 is 2.33 bits per heavy atom. The van der Waals surface area contributed by atoms with Crippen molar-refractivity contribution in [1.82, 2.24) is 0 Å².